The van der Waals surface area contributed by atoms with Crippen molar-refractivity contribution in [2.75, 3.05) is 0 Å². The van der Waals surface area contributed by atoms with Gasteiger partial charge in [-0.05, 0) is 0 Å². The molecular weight excluding hydrogens is 190 g/mol. The molecule has 0 spiro atoms. The average molecular weight is 203 g/mol. The molecule has 4 N–H and O–H groups in total. The molecule has 0 heterocycles. The number of carbonyl (C=O) groups excluding carboxylic acids is 1. The minimum Gasteiger partial charge on any atom is -0.478 e. The molecule has 0 aliphatic carbocycles. The van der Waals surface area contributed by atoms with E-state index < -0.39 is 11.9 Å². The van der Waals surface area contributed by atoms with Gasteiger partial charge in [-0.1, -0.05) is 13.8 Å². The molecule has 0 aliphatic rings. The SMILES string of the molecule is CC(C)C(N)=O.O=C(O)/C=C/C(=O)O. The maximum atomic E-state index is 9.92. The highest BCUT2D eigenvalue weighted by Gasteiger charge is 1.96. The zero-order valence-electron chi connectivity index (χ0n) is 7.93. The van der Waals surface area contributed by atoms with E-state index in [1.165, 1.54) is 0 Å². The molecule has 6 nitrogen and oxygen atoms in total. The second-order valence-corrected chi connectivity index (χ2v) is 2.57. The van der Waals surface area contributed by atoms with Crippen molar-refractivity contribution in [2.45, 2.75) is 13.8 Å². The molecule has 0 atom stereocenters. The molecule has 6 heteroatoms. The molecule has 0 fully saturated rings. The lowest BCUT2D eigenvalue weighted by Crippen LogP contribution is -2.17. The number of amides is 1. The highest BCUT2D eigenvalue weighted by atomic mass is 16.4. The Kier molecular flexibility index (Phi) is 8.15. The molecule has 0 saturated carbocycles. The van der Waals surface area contributed by atoms with E-state index in [2.05, 4.69) is 0 Å². The summed E-state index contributed by atoms with van der Waals surface area (Å²) in [5, 5.41) is 15.6. The number of primary amides is 1. The van der Waals surface area contributed by atoms with Crippen molar-refractivity contribution in [3.63, 3.8) is 0 Å². The van der Waals surface area contributed by atoms with Crippen LogP contribution < -0.4 is 5.73 Å². The van der Waals surface area contributed by atoms with Crippen LogP contribution in [0.3, 0.4) is 0 Å². The van der Waals surface area contributed by atoms with Gasteiger partial charge >= 0.3 is 11.9 Å². The molecule has 0 aromatic carbocycles. The lowest BCUT2D eigenvalue weighted by Gasteiger charge is -1.90. The Bertz CT molecular complexity index is 228. The van der Waals surface area contributed by atoms with Crippen LogP contribution in [0.25, 0.3) is 0 Å². The number of hydrogen-bond donors (Lipinski definition) is 3. The molecule has 0 aliphatic heterocycles. The van der Waals surface area contributed by atoms with Gasteiger partial charge in [0, 0.05) is 18.1 Å². The Morgan fingerprint density at radius 3 is 1.36 bits per heavy atom. The molecule has 14 heavy (non-hydrogen) atoms. The zero-order chi connectivity index (χ0) is 11.7. The third kappa shape index (κ3) is 16.6. The Balaban J connectivity index is 0. The first kappa shape index (κ1) is 14.7. The molecule has 80 valence electrons. The van der Waals surface area contributed by atoms with E-state index in [1.54, 1.807) is 13.8 Å². The Morgan fingerprint density at radius 1 is 1.07 bits per heavy atom. The first-order valence-electron chi connectivity index (χ1n) is 3.70. The van der Waals surface area contributed by atoms with Gasteiger partial charge < -0.3 is 15.9 Å². The van der Waals surface area contributed by atoms with E-state index in [4.69, 9.17) is 15.9 Å². The van der Waals surface area contributed by atoms with Crippen LogP contribution in [0, 0.1) is 5.92 Å². The van der Waals surface area contributed by atoms with E-state index in [0.717, 1.165) is 0 Å². The third-order valence-corrected chi connectivity index (χ3v) is 0.938. The summed E-state index contributed by atoms with van der Waals surface area (Å²) in [4.78, 5) is 29.0. The predicted octanol–water partition coefficient (Wildman–Crippen LogP) is -0.160. The van der Waals surface area contributed by atoms with E-state index in [0.29, 0.717) is 12.2 Å². The molecule has 0 aromatic heterocycles. The zero-order valence-corrected chi connectivity index (χ0v) is 7.93. The fraction of sp³-hybridized carbons (Fsp3) is 0.375. The van der Waals surface area contributed by atoms with Gasteiger partial charge in [0.05, 0.1) is 0 Å². The van der Waals surface area contributed by atoms with Gasteiger partial charge in [0.2, 0.25) is 5.91 Å². The van der Waals surface area contributed by atoms with Gasteiger partial charge in [-0.3, -0.25) is 4.79 Å². The monoisotopic (exact) mass is 203 g/mol. The Labute approximate surface area is 81.0 Å². The van der Waals surface area contributed by atoms with Gasteiger partial charge in [-0.2, -0.15) is 0 Å². The van der Waals surface area contributed by atoms with Crippen LogP contribution in [-0.4, -0.2) is 28.1 Å². The third-order valence-electron chi connectivity index (χ3n) is 0.938. The number of carbonyl (C=O) groups is 3. The summed E-state index contributed by atoms with van der Waals surface area (Å²) >= 11 is 0. The van der Waals surface area contributed by atoms with E-state index in [-0.39, 0.29) is 11.8 Å². The molecule has 0 unspecified atom stereocenters. The topological polar surface area (TPSA) is 118 Å². The van der Waals surface area contributed by atoms with Gasteiger partial charge in [-0.25, -0.2) is 9.59 Å². The van der Waals surface area contributed by atoms with E-state index in [9.17, 15) is 14.4 Å². The van der Waals surface area contributed by atoms with Crippen LogP contribution in [0.15, 0.2) is 12.2 Å². The minimum atomic E-state index is -1.26. The van der Waals surface area contributed by atoms with Crippen molar-refractivity contribution in [2.24, 2.45) is 11.7 Å². The van der Waals surface area contributed by atoms with Gasteiger partial charge in [-0.15, -0.1) is 0 Å². The number of hydrogen-bond acceptors (Lipinski definition) is 3. The summed E-state index contributed by atoms with van der Waals surface area (Å²) < 4.78 is 0. The highest BCUT2D eigenvalue weighted by Crippen LogP contribution is 1.84. The summed E-state index contributed by atoms with van der Waals surface area (Å²) in [5.74, 6) is -2.76. The maximum absolute atomic E-state index is 9.92. The van der Waals surface area contributed by atoms with Crippen molar-refractivity contribution < 1.29 is 24.6 Å². The van der Waals surface area contributed by atoms with Crippen molar-refractivity contribution in [3.8, 4) is 0 Å². The number of carboxylic acids is 2. The van der Waals surface area contributed by atoms with Crippen molar-refractivity contribution in [3.05, 3.63) is 12.2 Å². The number of aliphatic carboxylic acids is 2. The maximum Gasteiger partial charge on any atom is 0.328 e. The molecule has 0 radical (unpaired) electrons. The molecule has 0 saturated heterocycles. The van der Waals surface area contributed by atoms with Gasteiger partial charge in [0.1, 0.15) is 0 Å². The predicted molar refractivity (Wildman–Crippen MR) is 48.4 cm³/mol. The molecule has 0 bridgehead atoms. The quantitative estimate of drug-likeness (QED) is 0.551. The van der Waals surface area contributed by atoms with E-state index in [1.807, 2.05) is 0 Å². The van der Waals surface area contributed by atoms with Crippen LogP contribution in [-0.2, 0) is 14.4 Å². The second-order valence-electron chi connectivity index (χ2n) is 2.57. The molecule has 0 rings (SSSR count). The van der Waals surface area contributed by atoms with Crippen molar-refractivity contribution in [1.82, 2.24) is 0 Å². The Morgan fingerprint density at radius 2 is 1.29 bits per heavy atom. The van der Waals surface area contributed by atoms with Crippen LogP contribution in [0.2, 0.25) is 0 Å². The largest absolute Gasteiger partial charge is 0.478 e. The summed E-state index contributed by atoms with van der Waals surface area (Å²) in [6, 6.07) is 0. The van der Waals surface area contributed by atoms with Crippen molar-refractivity contribution >= 4 is 17.8 Å². The number of nitrogens with two attached hydrogens (primary N) is 1. The fourth-order valence-corrected chi connectivity index (χ4v) is 0.143. The van der Waals surface area contributed by atoms with E-state index >= 15 is 0 Å². The number of carboxylic acid groups (broad SMARTS) is 2. The summed E-state index contributed by atoms with van der Waals surface area (Å²) in [5.41, 5.74) is 4.80. The second kappa shape index (κ2) is 7.78. The van der Waals surface area contributed by atoms with Crippen LogP contribution in [0.1, 0.15) is 13.8 Å². The first-order chi connectivity index (χ1) is 6.27. The smallest absolute Gasteiger partial charge is 0.328 e. The molecular formula is C8H13NO5. The number of rotatable bonds is 3. The van der Waals surface area contributed by atoms with Gasteiger partial charge in [0.25, 0.3) is 0 Å². The molecule has 1 amide bonds. The average Bonchev–Trinajstić information content (AvgIpc) is 2.01. The fourth-order valence-electron chi connectivity index (χ4n) is 0.143. The van der Waals surface area contributed by atoms with Gasteiger partial charge in [0.15, 0.2) is 0 Å². The van der Waals surface area contributed by atoms with Crippen LogP contribution in [0.5, 0.6) is 0 Å². The van der Waals surface area contributed by atoms with Crippen LogP contribution in [0.4, 0.5) is 0 Å². The lowest BCUT2D eigenvalue weighted by molar-refractivity contribution is -0.134. The summed E-state index contributed by atoms with van der Waals surface area (Å²) in [6.45, 7) is 3.53. The summed E-state index contributed by atoms with van der Waals surface area (Å²) in [6.07, 6.45) is 1.12. The highest BCUT2D eigenvalue weighted by molar-refractivity contribution is 5.89. The van der Waals surface area contributed by atoms with Crippen molar-refractivity contribution in [1.29, 1.82) is 0 Å². The lowest BCUT2D eigenvalue weighted by atomic mass is 10.2. The normalized spacial score (nSPS) is 9.36. The summed E-state index contributed by atoms with van der Waals surface area (Å²) in [7, 11) is 0. The first-order valence-corrected chi connectivity index (χ1v) is 3.70. The molecule has 0 aromatic rings. The van der Waals surface area contributed by atoms with Crippen LogP contribution >= 0.6 is 0 Å². The standard InChI is InChI=1S/C4H9NO.C4H4O4/c1-3(2)4(5)6;5-3(6)1-2-4(7)8/h3H,1-2H3,(H2,5,6);1-2H,(H,5,6)(H,7,8)/b;2-1+. The Hall–Kier alpha value is -1.85. The minimum absolute atomic E-state index is 0.00926.